The third-order valence-electron chi connectivity index (χ3n) is 1.60. The number of nitrogens with one attached hydrogen (secondary N) is 2. The van der Waals surface area contributed by atoms with Gasteiger partial charge in [-0.05, 0) is 12.8 Å². The van der Waals surface area contributed by atoms with E-state index in [0.717, 1.165) is 25.7 Å². The van der Waals surface area contributed by atoms with Crippen molar-refractivity contribution in [3.8, 4) is 0 Å². The van der Waals surface area contributed by atoms with Crippen LogP contribution in [0.1, 0.15) is 39.5 Å². The molecule has 0 atom stereocenters. The van der Waals surface area contributed by atoms with E-state index in [1.165, 1.54) is 0 Å². The van der Waals surface area contributed by atoms with Gasteiger partial charge in [-0.3, -0.25) is 0 Å². The Morgan fingerprint density at radius 1 is 0.882 bits per heavy atom. The molecule has 96 valence electrons. The maximum Gasteiger partial charge on any atom is 2.00 e. The fourth-order valence-electron chi connectivity index (χ4n) is 0.734. The Bertz CT molecular complexity index is 171. The van der Waals surface area contributed by atoms with Crippen molar-refractivity contribution >= 4 is 35.2 Å². The van der Waals surface area contributed by atoms with Crippen molar-refractivity contribution in [3.63, 3.8) is 0 Å². The van der Waals surface area contributed by atoms with E-state index >= 15 is 0 Å². The van der Waals surface area contributed by atoms with Crippen molar-refractivity contribution in [1.82, 2.24) is 10.6 Å². The van der Waals surface area contributed by atoms with Gasteiger partial charge in [-0.15, -0.1) is 0 Å². The molecule has 6 nitrogen and oxygen atoms in total. The third-order valence-corrected chi connectivity index (χ3v) is 1.60. The maximum atomic E-state index is 9.65. The summed E-state index contributed by atoms with van der Waals surface area (Å²) < 4.78 is 0. The zero-order chi connectivity index (χ0) is 12.8. The second-order valence-electron chi connectivity index (χ2n) is 3.14. The standard InChI is InChI=1S/2C5H11NO2.Mg/c2*1-2-3-4-6-5(7)8;/h2*6H,2-4H2,1H3,(H,7,8);/q;;+2/p-2. The van der Waals surface area contributed by atoms with E-state index in [1.54, 1.807) is 0 Å². The Labute approximate surface area is 118 Å². The predicted molar refractivity (Wildman–Crippen MR) is 62.4 cm³/mol. The summed E-state index contributed by atoms with van der Waals surface area (Å²) in [6, 6.07) is 0. The second kappa shape index (κ2) is 17.7. The molecule has 0 saturated heterocycles. The van der Waals surface area contributed by atoms with Crippen molar-refractivity contribution in [2.75, 3.05) is 13.1 Å². The van der Waals surface area contributed by atoms with E-state index < -0.39 is 12.2 Å². The first-order chi connectivity index (χ1) is 7.54. The quantitative estimate of drug-likeness (QED) is 0.473. The van der Waals surface area contributed by atoms with Gasteiger partial charge in [0.25, 0.3) is 0 Å². The van der Waals surface area contributed by atoms with Crippen LogP contribution < -0.4 is 20.8 Å². The van der Waals surface area contributed by atoms with E-state index in [-0.39, 0.29) is 23.1 Å². The van der Waals surface area contributed by atoms with Gasteiger partial charge in [0, 0.05) is 13.1 Å². The molecule has 17 heavy (non-hydrogen) atoms. The smallest absolute Gasteiger partial charge is 0.530 e. The van der Waals surface area contributed by atoms with Gasteiger partial charge in [-0.2, -0.15) is 0 Å². The monoisotopic (exact) mass is 256 g/mol. The molecule has 0 rings (SSSR count). The van der Waals surface area contributed by atoms with Crippen LogP contribution in [-0.4, -0.2) is 48.3 Å². The van der Waals surface area contributed by atoms with Crippen molar-refractivity contribution in [2.24, 2.45) is 0 Å². The minimum Gasteiger partial charge on any atom is -0.530 e. The first-order valence-corrected chi connectivity index (χ1v) is 5.44. The van der Waals surface area contributed by atoms with E-state index in [4.69, 9.17) is 0 Å². The molecule has 0 aromatic heterocycles. The first kappa shape index (κ1) is 21.6. The summed E-state index contributed by atoms with van der Waals surface area (Å²) >= 11 is 0. The summed E-state index contributed by atoms with van der Waals surface area (Å²) in [4.78, 5) is 19.3. The van der Waals surface area contributed by atoms with Crippen LogP contribution in [0.5, 0.6) is 0 Å². The molecular formula is C10H20MgN2O4. The maximum absolute atomic E-state index is 9.65. The molecule has 0 radical (unpaired) electrons. The van der Waals surface area contributed by atoms with Gasteiger partial charge in [0.15, 0.2) is 0 Å². The van der Waals surface area contributed by atoms with Crippen molar-refractivity contribution < 1.29 is 19.8 Å². The molecule has 0 spiro atoms. The number of hydrogen-bond acceptors (Lipinski definition) is 4. The summed E-state index contributed by atoms with van der Waals surface area (Å²) in [7, 11) is 0. The molecule has 0 heterocycles. The van der Waals surface area contributed by atoms with Crippen LogP contribution in [0, 0.1) is 0 Å². The average Bonchev–Trinajstić information content (AvgIpc) is 2.18. The normalized spacial score (nSPS) is 8.12. The predicted octanol–water partition coefficient (Wildman–Crippen LogP) is -0.942. The Balaban J connectivity index is -0.000000218. The Hall–Kier alpha value is -0.694. The topological polar surface area (TPSA) is 104 Å². The van der Waals surface area contributed by atoms with Crippen molar-refractivity contribution in [1.29, 1.82) is 0 Å². The largest absolute Gasteiger partial charge is 2.00 e. The van der Waals surface area contributed by atoms with Crippen LogP contribution in [0.3, 0.4) is 0 Å². The molecular weight excluding hydrogens is 236 g/mol. The fraction of sp³-hybridized carbons (Fsp3) is 0.800. The number of rotatable bonds is 6. The zero-order valence-electron chi connectivity index (χ0n) is 10.6. The molecule has 2 N–H and O–H groups in total. The molecule has 7 heteroatoms. The minimum atomic E-state index is -1.18. The summed E-state index contributed by atoms with van der Waals surface area (Å²) in [5.41, 5.74) is 0. The summed E-state index contributed by atoms with van der Waals surface area (Å²) in [5, 5.41) is 23.6. The SMILES string of the molecule is CCCCNC(=O)[O-].CCCCNC(=O)[O-].[Mg+2]. The molecule has 0 aliphatic heterocycles. The number of carboxylic acid groups (broad SMARTS) is 2. The minimum absolute atomic E-state index is 0. The molecule has 0 aromatic carbocycles. The van der Waals surface area contributed by atoms with Gasteiger partial charge in [-0.1, -0.05) is 26.7 Å². The summed E-state index contributed by atoms with van der Waals surface area (Å²) in [6.45, 7) is 5.02. The van der Waals surface area contributed by atoms with Crippen molar-refractivity contribution in [3.05, 3.63) is 0 Å². The number of carbonyl (C=O) groups excluding carboxylic acids is 2. The van der Waals surface area contributed by atoms with E-state index in [2.05, 4.69) is 10.6 Å². The molecule has 0 bridgehead atoms. The summed E-state index contributed by atoms with van der Waals surface area (Å²) in [6.07, 6.45) is 1.40. The van der Waals surface area contributed by atoms with E-state index in [9.17, 15) is 19.8 Å². The van der Waals surface area contributed by atoms with E-state index in [1.807, 2.05) is 13.8 Å². The van der Waals surface area contributed by atoms with Crippen LogP contribution in [0.15, 0.2) is 0 Å². The van der Waals surface area contributed by atoms with Gasteiger partial charge in [0.1, 0.15) is 12.2 Å². The van der Waals surface area contributed by atoms with Gasteiger partial charge in [-0.25, -0.2) is 0 Å². The molecule has 0 saturated carbocycles. The second-order valence-corrected chi connectivity index (χ2v) is 3.14. The van der Waals surface area contributed by atoms with Gasteiger partial charge < -0.3 is 30.4 Å². The molecule has 0 aliphatic carbocycles. The average molecular weight is 257 g/mol. The molecule has 0 unspecified atom stereocenters. The van der Waals surface area contributed by atoms with Gasteiger partial charge in [0.2, 0.25) is 0 Å². The van der Waals surface area contributed by atoms with Gasteiger partial charge in [0.05, 0.1) is 0 Å². The molecule has 0 fully saturated rings. The summed E-state index contributed by atoms with van der Waals surface area (Å²) in [5.74, 6) is 0. The van der Waals surface area contributed by atoms with E-state index in [0.29, 0.717) is 13.1 Å². The molecule has 0 aliphatic rings. The van der Waals surface area contributed by atoms with Crippen LogP contribution in [-0.2, 0) is 0 Å². The Morgan fingerprint density at radius 2 is 1.18 bits per heavy atom. The first-order valence-electron chi connectivity index (χ1n) is 5.44. The number of carbonyl (C=O) groups is 2. The number of hydrogen-bond donors (Lipinski definition) is 2. The molecule has 0 aromatic rings. The van der Waals surface area contributed by atoms with Crippen LogP contribution >= 0.6 is 0 Å². The van der Waals surface area contributed by atoms with Crippen LogP contribution in [0.4, 0.5) is 9.59 Å². The van der Waals surface area contributed by atoms with Crippen LogP contribution in [0.2, 0.25) is 0 Å². The third kappa shape index (κ3) is 31.3. The zero-order valence-corrected chi connectivity index (χ0v) is 12.0. The Kier molecular flexibility index (Phi) is 22.5. The van der Waals surface area contributed by atoms with Crippen LogP contribution in [0.25, 0.3) is 0 Å². The molecule has 2 amide bonds. The number of unbranched alkanes of at least 4 members (excludes halogenated alkanes) is 2. The van der Waals surface area contributed by atoms with Crippen molar-refractivity contribution in [2.45, 2.75) is 39.5 Å². The fourth-order valence-corrected chi connectivity index (χ4v) is 0.734. The Morgan fingerprint density at radius 3 is 1.35 bits per heavy atom. The van der Waals surface area contributed by atoms with Gasteiger partial charge >= 0.3 is 23.1 Å². The number of amides is 2.